The molecule has 1 atom stereocenters. The van der Waals surface area contributed by atoms with Crippen molar-refractivity contribution < 1.29 is 0 Å². The lowest BCUT2D eigenvalue weighted by atomic mass is 9.82. The summed E-state index contributed by atoms with van der Waals surface area (Å²) in [7, 11) is 0. The maximum Gasteiger partial charge on any atom is 0.0271 e. The molecule has 0 spiro atoms. The third-order valence-corrected chi connectivity index (χ3v) is 7.61. The van der Waals surface area contributed by atoms with E-state index in [0.717, 1.165) is 23.1 Å². The summed E-state index contributed by atoms with van der Waals surface area (Å²) in [6, 6.07) is 0. The maximum atomic E-state index is 5.30. The van der Waals surface area contributed by atoms with Gasteiger partial charge in [0, 0.05) is 16.1 Å². The Balaban J connectivity index is 0. The highest BCUT2D eigenvalue weighted by atomic mass is 79.9. The molecule has 0 heterocycles. The van der Waals surface area contributed by atoms with Crippen LogP contribution in [0.3, 0.4) is 0 Å². The van der Waals surface area contributed by atoms with Gasteiger partial charge in [-0.2, -0.15) is 0 Å². The van der Waals surface area contributed by atoms with Crippen molar-refractivity contribution in [1.82, 2.24) is 0 Å². The summed E-state index contributed by atoms with van der Waals surface area (Å²) in [5.74, 6) is 6.24. The predicted octanol–water partition coefficient (Wildman–Crippen LogP) is 7.69. The van der Waals surface area contributed by atoms with E-state index < -0.39 is 0 Å². The third kappa shape index (κ3) is 9.61. The molecular weight excluding hydrogens is 400 g/mol. The van der Waals surface area contributed by atoms with Gasteiger partial charge in [0.25, 0.3) is 0 Å². The molecule has 2 saturated carbocycles. The first kappa shape index (κ1) is 24.8. The molecule has 0 amide bonds. The van der Waals surface area contributed by atoms with E-state index in [2.05, 4.69) is 51.6 Å². The second kappa shape index (κ2) is 13.9. The van der Waals surface area contributed by atoms with Crippen molar-refractivity contribution in [2.24, 2.45) is 23.7 Å². The van der Waals surface area contributed by atoms with E-state index in [1.807, 2.05) is 0 Å². The normalized spacial score (nSPS) is 32.1. The lowest BCUT2D eigenvalue weighted by Crippen LogP contribution is -2.21. The number of hydrogen-bond acceptors (Lipinski definition) is 0. The second-order valence-electron chi connectivity index (χ2n) is 6.81. The van der Waals surface area contributed by atoms with Crippen molar-refractivity contribution in [2.45, 2.75) is 84.9 Å². The fraction of sp³-hybridized carbons (Fsp3) is 0.900. The van der Waals surface area contributed by atoms with Gasteiger partial charge < -0.3 is 0 Å². The van der Waals surface area contributed by atoms with Gasteiger partial charge in [-0.05, 0) is 56.3 Å². The quantitative estimate of drug-likeness (QED) is 0.306. The van der Waals surface area contributed by atoms with Gasteiger partial charge in [-0.15, -0.1) is 12.3 Å². The number of rotatable bonds is 2. The molecule has 2 rings (SSSR count). The van der Waals surface area contributed by atoms with Gasteiger partial charge in [-0.1, -0.05) is 73.4 Å². The van der Waals surface area contributed by atoms with Crippen molar-refractivity contribution in [1.29, 1.82) is 0 Å². The fourth-order valence-corrected chi connectivity index (χ4v) is 4.26. The minimum Gasteiger partial charge on any atom is -0.120 e. The lowest BCUT2D eigenvalue weighted by molar-refractivity contribution is 0.293. The average molecular weight is 438 g/mol. The number of halogens is 2. The van der Waals surface area contributed by atoms with Gasteiger partial charge in [0.05, 0.1) is 0 Å². The van der Waals surface area contributed by atoms with Crippen molar-refractivity contribution in [2.75, 3.05) is 5.33 Å². The summed E-state index contributed by atoms with van der Waals surface area (Å²) in [6.07, 6.45) is 16.2. The van der Waals surface area contributed by atoms with Gasteiger partial charge in [0.15, 0.2) is 0 Å². The number of alkyl halides is 2. The molecule has 1 unspecified atom stereocenters. The van der Waals surface area contributed by atoms with Crippen LogP contribution in [0, 0.1) is 36.0 Å². The van der Waals surface area contributed by atoms with Crippen LogP contribution < -0.4 is 0 Å². The van der Waals surface area contributed by atoms with E-state index in [9.17, 15) is 0 Å². The zero-order chi connectivity index (χ0) is 15.0. The molecule has 0 aromatic rings. The zero-order valence-electron chi connectivity index (χ0n) is 13.1. The summed E-state index contributed by atoms with van der Waals surface area (Å²) in [6.45, 7) is 4.68. The van der Waals surface area contributed by atoms with E-state index in [1.165, 1.54) is 51.4 Å². The molecule has 0 aromatic carbocycles. The first-order valence-electron chi connectivity index (χ1n) is 8.23. The van der Waals surface area contributed by atoms with Gasteiger partial charge in [-0.3, -0.25) is 0 Å². The molecule has 2 aliphatic rings. The van der Waals surface area contributed by atoms with E-state index in [-0.39, 0.29) is 14.9 Å². The minimum absolute atomic E-state index is 0. The Hall–Kier alpha value is 0.520. The molecule has 22 heavy (non-hydrogen) atoms. The first-order valence-corrected chi connectivity index (χ1v) is 10.3. The molecule has 0 saturated heterocycles. The van der Waals surface area contributed by atoms with E-state index in [0.29, 0.717) is 10.7 Å². The molecule has 2 heteroatoms. The Bertz CT molecular complexity index is 279. The molecule has 0 aliphatic heterocycles. The molecule has 0 radical (unpaired) electrons. The fourth-order valence-electron chi connectivity index (χ4n) is 3.20. The summed E-state index contributed by atoms with van der Waals surface area (Å²) in [4.78, 5) is 0.704. The van der Waals surface area contributed by atoms with E-state index >= 15 is 0 Å². The van der Waals surface area contributed by atoms with Crippen molar-refractivity contribution in [3.05, 3.63) is 0 Å². The second-order valence-corrected chi connectivity index (χ2v) is 8.64. The van der Waals surface area contributed by atoms with Crippen molar-refractivity contribution in [3.8, 4) is 12.3 Å². The monoisotopic (exact) mass is 436 g/mol. The highest BCUT2D eigenvalue weighted by molar-refractivity contribution is 9.12. The molecule has 0 nitrogen and oxygen atoms in total. The van der Waals surface area contributed by atoms with Gasteiger partial charge >= 0.3 is 0 Å². The topological polar surface area (TPSA) is 0 Å². The molecule has 2 aliphatic carbocycles. The first-order chi connectivity index (χ1) is 9.56. The Morgan fingerprint density at radius 1 is 0.909 bits per heavy atom. The van der Waals surface area contributed by atoms with E-state index in [4.69, 9.17) is 6.42 Å². The van der Waals surface area contributed by atoms with Crippen LogP contribution >= 0.6 is 31.9 Å². The molecule has 132 valence electrons. The summed E-state index contributed by atoms with van der Waals surface area (Å²) >= 11 is 7.23. The highest BCUT2D eigenvalue weighted by Gasteiger charge is 2.23. The largest absolute Gasteiger partial charge is 0.120 e. The average Bonchev–Trinajstić information content (AvgIpc) is 2.49. The predicted molar refractivity (Wildman–Crippen MR) is 111 cm³/mol. The molecule has 0 N–H and O–H groups in total. The Morgan fingerprint density at radius 2 is 1.32 bits per heavy atom. The van der Waals surface area contributed by atoms with Gasteiger partial charge in [-0.25, -0.2) is 0 Å². The van der Waals surface area contributed by atoms with Crippen LogP contribution in [0.1, 0.15) is 80.1 Å². The summed E-state index contributed by atoms with van der Waals surface area (Å²) < 4.78 is 0. The van der Waals surface area contributed by atoms with Crippen LogP contribution in [0.4, 0.5) is 0 Å². The van der Waals surface area contributed by atoms with Crippen LogP contribution in [0.2, 0.25) is 0 Å². The van der Waals surface area contributed by atoms with Crippen LogP contribution in [-0.4, -0.2) is 10.2 Å². The lowest BCUT2D eigenvalue weighted by Gasteiger charge is -2.28. The number of terminal acetylenes is 1. The summed E-state index contributed by atoms with van der Waals surface area (Å²) in [5.41, 5.74) is 0. The minimum atomic E-state index is 0. The highest BCUT2D eigenvalue weighted by Crippen LogP contribution is 2.33. The molecule has 0 aromatic heterocycles. The smallest absolute Gasteiger partial charge is 0.0271 e. The van der Waals surface area contributed by atoms with Gasteiger partial charge in [0.1, 0.15) is 0 Å². The van der Waals surface area contributed by atoms with Crippen LogP contribution in [0.25, 0.3) is 0 Å². The Labute approximate surface area is 157 Å². The van der Waals surface area contributed by atoms with Crippen molar-refractivity contribution in [3.63, 3.8) is 0 Å². The Morgan fingerprint density at radius 3 is 1.68 bits per heavy atom. The van der Waals surface area contributed by atoms with Crippen LogP contribution in [0.15, 0.2) is 0 Å². The molecule has 2 fully saturated rings. The standard InChI is InChI=1S/C9H16Br2.C9H14.2CH4/c1-7-2-4-8(5-3-7)9(11)6-10;1-3-9-6-4-8(2)5-7-9;;/h7-9H,2-6H2,1H3;1,8-9H,4-7H2,2H3;2*1H4. The number of hydrogen-bond donors (Lipinski definition) is 0. The Kier molecular flexibility index (Phi) is 15.7. The molecule has 0 bridgehead atoms. The maximum absolute atomic E-state index is 5.30. The van der Waals surface area contributed by atoms with Crippen LogP contribution in [0.5, 0.6) is 0 Å². The van der Waals surface area contributed by atoms with Crippen LogP contribution in [-0.2, 0) is 0 Å². The zero-order valence-corrected chi connectivity index (χ0v) is 16.3. The van der Waals surface area contributed by atoms with E-state index in [1.54, 1.807) is 0 Å². The van der Waals surface area contributed by atoms with Gasteiger partial charge in [0.2, 0.25) is 0 Å². The SMILES string of the molecule is C.C.C#CC1CCC(C)CC1.CC1CCC(C(Br)CBr)CC1. The summed E-state index contributed by atoms with van der Waals surface area (Å²) in [5, 5.41) is 1.10. The third-order valence-electron chi connectivity index (χ3n) is 4.97. The molecular formula is C20H38Br2. The van der Waals surface area contributed by atoms with Crippen molar-refractivity contribution >= 4 is 31.9 Å².